The number of halogens is 4. The van der Waals surface area contributed by atoms with Crippen molar-refractivity contribution in [1.82, 2.24) is 5.32 Å². The first kappa shape index (κ1) is 14.3. The van der Waals surface area contributed by atoms with Gasteiger partial charge in [-0.1, -0.05) is 12.1 Å². The molecule has 0 aromatic heterocycles. The molecule has 0 bridgehead atoms. The van der Waals surface area contributed by atoms with Crippen LogP contribution in [0.4, 0.5) is 17.6 Å². The highest BCUT2D eigenvalue weighted by molar-refractivity contribution is 5.76. The van der Waals surface area contributed by atoms with Crippen LogP contribution in [0.25, 0.3) is 0 Å². The van der Waals surface area contributed by atoms with Gasteiger partial charge in [0.1, 0.15) is 6.54 Å². The predicted octanol–water partition coefficient (Wildman–Crippen LogP) is 2.27. The Morgan fingerprint density at radius 3 is 2.56 bits per heavy atom. The van der Waals surface area contributed by atoms with E-state index in [1.54, 1.807) is 11.4 Å². The van der Waals surface area contributed by atoms with Gasteiger partial charge >= 0.3 is 6.18 Å². The summed E-state index contributed by atoms with van der Waals surface area (Å²) in [5.41, 5.74) is 0. The third-order valence-corrected chi connectivity index (χ3v) is 1.91. The van der Waals surface area contributed by atoms with Crippen molar-refractivity contribution in [3.63, 3.8) is 0 Å². The van der Waals surface area contributed by atoms with Gasteiger partial charge in [0.05, 0.1) is 13.0 Å². The number of para-hydroxylation sites is 1. The predicted molar refractivity (Wildman–Crippen MR) is 55.6 cm³/mol. The van der Waals surface area contributed by atoms with Crippen molar-refractivity contribution in [1.29, 1.82) is 0 Å². The second-order valence-corrected chi connectivity index (χ2v) is 3.42. The first-order valence-electron chi connectivity index (χ1n) is 5.09. The topological polar surface area (TPSA) is 38.3 Å². The van der Waals surface area contributed by atoms with Crippen molar-refractivity contribution in [3.8, 4) is 5.75 Å². The quantitative estimate of drug-likeness (QED) is 0.829. The average molecular weight is 265 g/mol. The molecule has 3 nitrogen and oxygen atoms in total. The largest absolute Gasteiger partial charge is 0.490 e. The first-order chi connectivity index (χ1) is 8.38. The molecule has 1 aromatic rings. The van der Waals surface area contributed by atoms with Gasteiger partial charge in [0.25, 0.3) is 0 Å². The summed E-state index contributed by atoms with van der Waals surface area (Å²) in [6.07, 6.45) is -4.72. The first-order valence-corrected chi connectivity index (χ1v) is 5.09. The van der Waals surface area contributed by atoms with Crippen LogP contribution in [-0.4, -0.2) is 25.2 Å². The molecule has 0 heterocycles. The minimum atomic E-state index is -4.44. The maximum absolute atomic E-state index is 13.0. The second-order valence-electron chi connectivity index (χ2n) is 3.42. The van der Waals surface area contributed by atoms with Crippen LogP contribution in [0.3, 0.4) is 0 Å². The zero-order valence-electron chi connectivity index (χ0n) is 9.26. The fraction of sp³-hybridized carbons (Fsp3) is 0.364. The van der Waals surface area contributed by atoms with Gasteiger partial charge in [-0.15, -0.1) is 0 Å². The number of nitrogens with one attached hydrogen (secondary N) is 1. The van der Waals surface area contributed by atoms with Crippen molar-refractivity contribution >= 4 is 5.91 Å². The minimum Gasteiger partial charge on any atom is -0.490 e. The summed E-state index contributed by atoms with van der Waals surface area (Å²) in [6, 6.07) is 5.56. The monoisotopic (exact) mass is 265 g/mol. The van der Waals surface area contributed by atoms with Gasteiger partial charge in [-0.2, -0.15) is 13.2 Å². The highest BCUT2D eigenvalue weighted by Gasteiger charge is 2.27. The van der Waals surface area contributed by atoms with Gasteiger partial charge in [-0.25, -0.2) is 4.39 Å². The van der Waals surface area contributed by atoms with Crippen LogP contribution in [0.15, 0.2) is 24.3 Å². The lowest BCUT2D eigenvalue weighted by molar-refractivity contribution is -0.138. The maximum Gasteiger partial charge on any atom is 0.405 e. The number of amides is 1. The lowest BCUT2D eigenvalue weighted by Crippen LogP contribution is -2.34. The van der Waals surface area contributed by atoms with E-state index in [2.05, 4.69) is 0 Å². The van der Waals surface area contributed by atoms with E-state index in [4.69, 9.17) is 4.74 Å². The van der Waals surface area contributed by atoms with Gasteiger partial charge < -0.3 is 10.1 Å². The van der Waals surface area contributed by atoms with Crippen molar-refractivity contribution in [2.45, 2.75) is 12.6 Å². The van der Waals surface area contributed by atoms with Gasteiger partial charge in [0.2, 0.25) is 5.91 Å². The molecule has 18 heavy (non-hydrogen) atoms. The molecule has 0 aliphatic heterocycles. The molecule has 1 amide bonds. The summed E-state index contributed by atoms with van der Waals surface area (Å²) >= 11 is 0. The van der Waals surface area contributed by atoms with Crippen LogP contribution in [0.1, 0.15) is 6.42 Å². The highest BCUT2D eigenvalue weighted by atomic mass is 19.4. The van der Waals surface area contributed by atoms with Gasteiger partial charge in [0.15, 0.2) is 11.6 Å². The van der Waals surface area contributed by atoms with Crippen LogP contribution in [0, 0.1) is 5.82 Å². The molecule has 0 aliphatic carbocycles. The highest BCUT2D eigenvalue weighted by Crippen LogP contribution is 2.15. The maximum atomic E-state index is 13.0. The van der Waals surface area contributed by atoms with Gasteiger partial charge in [0, 0.05) is 0 Å². The van der Waals surface area contributed by atoms with Crippen LogP contribution >= 0.6 is 0 Å². The molecule has 0 aliphatic rings. The van der Waals surface area contributed by atoms with E-state index in [0.29, 0.717) is 0 Å². The summed E-state index contributed by atoms with van der Waals surface area (Å²) in [5, 5.41) is 1.69. The van der Waals surface area contributed by atoms with Crippen molar-refractivity contribution in [2.24, 2.45) is 0 Å². The molecule has 1 rings (SSSR count). The molecule has 7 heteroatoms. The molecule has 0 atom stereocenters. The van der Waals surface area contributed by atoms with Crippen LogP contribution in [0.2, 0.25) is 0 Å². The molecular formula is C11H11F4NO2. The molecular weight excluding hydrogens is 254 g/mol. The molecule has 0 fully saturated rings. The van der Waals surface area contributed by atoms with E-state index in [0.717, 1.165) is 0 Å². The molecule has 0 spiro atoms. The molecule has 1 N–H and O–H groups in total. The molecule has 0 radical (unpaired) electrons. The summed E-state index contributed by atoms with van der Waals surface area (Å²) in [6.45, 7) is -1.57. The Kier molecular flexibility index (Phi) is 4.94. The Morgan fingerprint density at radius 1 is 1.28 bits per heavy atom. The number of carbonyl (C=O) groups excluding carboxylic acids is 1. The van der Waals surface area contributed by atoms with E-state index < -0.39 is 24.4 Å². The molecule has 0 saturated carbocycles. The Labute approximate surface area is 101 Å². The molecule has 0 unspecified atom stereocenters. The lowest BCUT2D eigenvalue weighted by Gasteiger charge is -2.09. The molecule has 100 valence electrons. The standard InChI is InChI=1S/C11H11F4NO2/c12-8-3-1-2-4-9(8)18-6-5-10(17)16-7-11(13,14)15/h1-4H,5-7H2,(H,16,17). The number of ether oxygens (including phenoxy) is 1. The van der Waals surface area contributed by atoms with Crippen LogP contribution < -0.4 is 10.1 Å². The SMILES string of the molecule is O=C(CCOc1ccccc1F)NCC(F)(F)F. The van der Waals surface area contributed by atoms with E-state index in [-0.39, 0.29) is 18.8 Å². The fourth-order valence-corrected chi connectivity index (χ4v) is 1.10. The summed E-state index contributed by atoms with van der Waals surface area (Å²) in [5.74, 6) is -1.43. The number of carbonyl (C=O) groups is 1. The summed E-state index contributed by atoms with van der Waals surface area (Å²) in [4.78, 5) is 11.0. The van der Waals surface area contributed by atoms with E-state index in [1.807, 2.05) is 0 Å². The normalized spacial score (nSPS) is 11.1. The fourth-order valence-electron chi connectivity index (χ4n) is 1.10. The van der Waals surface area contributed by atoms with Crippen molar-refractivity contribution < 1.29 is 27.1 Å². The smallest absolute Gasteiger partial charge is 0.405 e. The van der Waals surface area contributed by atoms with E-state index >= 15 is 0 Å². The van der Waals surface area contributed by atoms with Gasteiger partial charge in [-0.05, 0) is 12.1 Å². The van der Waals surface area contributed by atoms with Crippen LogP contribution in [-0.2, 0) is 4.79 Å². The lowest BCUT2D eigenvalue weighted by atomic mass is 10.3. The number of alkyl halides is 3. The third kappa shape index (κ3) is 5.51. The average Bonchev–Trinajstić information content (AvgIpc) is 2.28. The molecule has 1 aromatic carbocycles. The van der Waals surface area contributed by atoms with E-state index in [1.165, 1.54) is 18.2 Å². The summed E-state index contributed by atoms with van der Waals surface area (Å²) < 4.78 is 53.2. The molecule has 0 saturated heterocycles. The second kappa shape index (κ2) is 6.23. The zero-order chi connectivity index (χ0) is 13.6. The minimum absolute atomic E-state index is 0.0406. The van der Waals surface area contributed by atoms with Crippen molar-refractivity contribution in [2.75, 3.05) is 13.2 Å². The Balaban J connectivity index is 2.26. The summed E-state index contributed by atoms with van der Waals surface area (Å²) in [7, 11) is 0. The van der Waals surface area contributed by atoms with Gasteiger partial charge in [-0.3, -0.25) is 4.79 Å². The van der Waals surface area contributed by atoms with Crippen molar-refractivity contribution in [3.05, 3.63) is 30.1 Å². The third-order valence-electron chi connectivity index (χ3n) is 1.91. The van der Waals surface area contributed by atoms with Crippen LogP contribution in [0.5, 0.6) is 5.75 Å². The number of hydrogen-bond acceptors (Lipinski definition) is 2. The number of hydrogen-bond donors (Lipinski definition) is 1. The Morgan fingerprint density at radius 2 is 1.94 bits per heavy atom. The Bertz CT molecular complexity index is 406. The van der Waals surface area contributed by atoms with E-state index in [9.17, 15) is 22.4 Å². The zero-order valence-corrected chi connectivity index (χ0v) is 9.26. The number of benzene rings is 1. The number of rotatable bonds is 5. The Hall–Kier alpha value is -1.79.